The fraction of sp³-hybridized carbons (Fsp3) is 0.438. The van der Waals surface area contributed by atoms with Gasteiger partial charge in [0.15, 0.2) is 5.58 Å². The number of esters is 1. The van der Waals surface area contributed by atoms with Crippen LogP contribution >= 0.6 is 11.6 Å². The average Bonchev–Trinajstić information content (AvgIpc) is 2.89. The summed E-state index contributed by atoms with van der Waals surface area (Å²) in [5, 5.41) is 0.458. The number of hydrogen-bond donors (Lipinski definition) is 0. The number of hydrogen-bond acceptors (Lipinski definition) is 5. The second-order valence-electron chi connectivity index (χ2n) is 5.74. The van der Waals surface area contributed by atoms with Gasteiger partial charge >= 0.3 is 11.7 Å². The van der Waals surface area contributed by atoms with E-state index in [0.717, 1.165) is 0 Å². The number of fused-ring (bicyclic) bond motifs is 1. The molecule has 2 aromatic rings. The maximum absolute atomic E-state index is 12.5. The molecule has 1 amide bonds. The van der Waals surface area contributed by atoms with Crippen molar-refractivity contribution in [2.24, 2.45) is 5.92 Å². The Morgan fingerprint density at radius 3 is 2.71 bits per heavy atom. The van der Waals surface area contributed by atoms with E-state index in [-0.39, 0.29) is 24.3 Å². The monoisotopic (exact) mass is 352 g/mol. The number of aromatic nitrogens is 1. The zero-order valence-electron chi connectivity index (χ0n) is 13.2. The maximum atomic E-state index is 12.5. The van der Waals surface area contributed by atoms with E-state index in [9.17, 15) is 14.4 Å². The van der Waals surface area contributed by atoms with Crippen LogP contribution in [0.2, 0.25) is 5.02 Å². The first-order valence-electron chi connectivity index (χ1n) is 7.64. The Morgan fingerprint density at radius 2 is 2.04 bits per heavy atom. The minimum absolute atomic E-state index is 0.101. The largest absolute Gasteiger partial charge is 0.469 e. The Balaban J connectivity index is 1.71. The fourth-order valence-corrected chi connectivity index (χ4v) is 3.12. The topological polar surface area (TPSA) is 81.8 Å². The third-order valence-corrected chi connectivity index (χ3v) is 4.54. The Kier molecular flexibility index (Phi) is 4.62. The number of likely N-dealkylation sites (tertiary alicyclic amines) is 1. The molecule has 0 N–H and O–H groups in total. The van der Waals surface area contributed by atoms with Gasteiger partial charge in [0.1, 0.15) is 6.54 Å². The summed E-state index contributed by atoms with van der Waals surface area (Å²) >= 11 is 5.87. The van der Waals surface area contributed by atoms with Crippen molar-refractivity contribution in [1.29, 1.82) is 0 Å². The lowest BCUT2D eigenvalue weighted by Crippen LogP contribution is -2.42. The minimum Gasteiger partial charge on any atom is -0.469 e. The molecule has 0 radical (unpaired) electrons. The molecular weight excluding hydrogens is 336 g/mol. The van der Waals surface area contributed by atoms with Gasteiger partial charge in [-0.2, -0.15) is 0 Å². The smallest absolute Gasteiger partial charge is 0.420 e. The van der Waals surface area contributed by atoms with Gasteiger partial charge in [0, 0.05) is 24.2 Å². The first-order chi connectivity index (χ1) is 11.5. The fourth-order valence-electron chi connectivity index (χ4n) is 2.96. The maximum Gasteiger partial charge on any atom is 0.420 e. The molecule has 1 aliphatic heterocycles. The normalized spacial score (nSPS) is 15.7. The van der Waals surface area contributed by atoms with Crippen LogP contribution in [-0.2, 0) is 20.9 Å². The number of carbonyl (C=O) groups excluding carboxylic acids is 2. The highest BCUT2D eigenvalue weighted by atomic mass is 35.5. The summed E-state index contributed by atoms with van der Waals surface area (Å²) in [6, 6.07) is 4.84. The molecular formula is C16H17ClN2O5. The van der Waals surface area contributed by atoms with Crippen molar-refractivity contribution in [3.05, 3.63) is 33.8 Å². The molecule has 1 aromatic carbocycles. The van der Waals surface area contributed by atoms with Crippen LogP contribution in [0.5, 0.6) is 0 Å². The molecule has 0 aliphatic carbocycles. The van der Waals surface area contributed by atoms with Crippen LogP contribution in [0.15, 0.2) is 27.4 Å². The van der Waals surface area contributed by atoms with Crippen LogP contribution in [0.25, 0.3) is 11.1 Å². The van der Waals surface area contributed by atoms with Crippen molar-refractivity contribution < 1.29 is 18.7 Å². The molecule has 7 nitrogen and oxygen atoms in total. The molecule has 0 atom stereocenters. The molecule has 0 spiro atoms. The molecule has 1 fully saturated rings. The summed E-state index contributed by atoms with van der Waals surface area (Å²) < 4.78 is 11.1. The molecule has 3 rings (SSSR count). The van der Waals surface area contributed by atoms with Crippen LogP contribution < -0.4 is 5.76 Å². The molecule has 8 heteroatoms. The SMILES string of the molecule is COC(=O)C1CCN(C(=O)Cn2c(=O)oc3cc(Cl)ccc32)CC1. The first kappa shape index (κ1) is 16.6. The van der Waals surface area contributed by atoms with E-state index in [2.05, 4.69) is 0 Å². The number of amides is 1. The van der Waals surface area contributed by atoms with Crippen LogP contribution in [0.4, 0.5) is 0 Å². The zero-order valence-corrected chi connectivity index (χ0v) is 13.9. The highest BCUT2D eigenvalue weighted by Crippen LogP contribution is 2.20. The second kappa shape index (κ2) is 6.68. The lowest BCUT2D eigenvalue weighted by atomic mass is 9.97. The number of methoxy groups -OCH3 is 1. The van der Waals surface area contributed by atoms with Crippen molar-refractivity contribution in [1.82, 2.24) is 9.47 Å². The predicted molar refractivity (Wildman–Crippen MR) is 86.8 cm³/mol. The van der Waals surface area contributed by atoms with Crippen molar-refractivity contribution in [2.45, 2.75) is 19.4 Å². The number of halogens is 1. The summed E-state index contributed by atoms with van der Waals surface area (Å²) in [4.78, 5) is 37.6. The number of benzene rings is 1. The van der Waals surface area contributed by atoms with Gasteiger partial charge in [-0.1, -0.05) is 11.6 Å². The van der Waals surface area contributed by atoms with Crippen molar-refractivity contribution in [3.8, 4) is 0 Å². The minimum atomic E-state index is -0.593. The molecule has 0 unspecified atom stereocenters. The van der Waals surface area contributed by atoms with E-state index >= 15 is 0 Å². The highest BCUT2D eigenvalue weighted by Gasteiger charge is 2.28. The molecule has 0 bridgehead atoms. The lowest BCUT2D eigenvalue weighted by molar-refractivity contribution is -0.149. The summed E-state index contributed by atoms with van der Waals surface area (Å²) in [6.45, 7) is 0.834. The van der Waals surface area contributed by atoms with Gasteiger partial charge in [0.25, 0.3) is 0 Å². The lowest BCUT2D eigenvalue weighted by Gasteiger charge is -2.30. The number of rotatable bonds is 3. The Morgan fingerprint density at radius 1 is 1.33 bits per heavy atom. The van der Waals surface area contributed by atoms with Gasteiger partial charge in [-0.25, -0.2) is 4.79 Å². The number of ether oxygens (including phenoxy) is 1. The second-order valence-corrected chi connectivity index (χ2v) is 6.18. The van der Waals surface area contributed by atoms with E-state index in [1.165, 1.54) is 11.7 Å². The summed E-state index contributed by atoms with van der Waals surface area (Å²) in [5.74, 6) is -1.18. The molecule has 1 aliphatic rings. The Hall–Kier alpha value is -2.28. The quantitative estimate of drug-likeness (QED) is 0.785. The predicted octanol–water partition coefficient (Wildman–Crippen LogP) is 1.66. The van der Waals surface area contributed by atoms with Gasteiger partial charge in [0.2, 0.25) is 5.91 Å². The molecule has 1 saturated heterocycles. The third kappa shape index (κ3) is 3.17. The Bertz CT molecular complexity index is 833. The van der Waals surface area contributed by atoms with Crippen molar-refractivity contribution in [2.75, 3.05) is 20.2 Å². The number of oxazole rings is 1. The van der Waals surface area contributed by atoms with Gasteiger partial charge in [-0.3, -0.25) is 14.2 Å². The van der Waals surface area contributed by atoms with E-state index < -0.39 is 5.76 Å². The van der Waals surface area contributed by atoms with E-state index in [1.807, 2.05) is 0 Å². The summed E-state index contributed by atoms with van der Waals surface area (Å²) in [6.07, 6.45) is 1.13. The summed E-state index contributed by atoms with van der Waals surface area (Å²) in [7, 11) is 1.36. The number of piperidine rings is 1. The van der Waals surface area contributed by atoms with Crippen LogP contribution in [0.3, 0.4) is 0 Å². The van der Waals surface area contributed by atoms with Crippen molar-refractivity contribution >= 4 is 34.6 Å². The van der Waals surface area contributed by atoms with E-state index in [4.69, 9.17) is 20.8 Å². The molecule has 1 aromatic heterocycles. The third-order valence-electron chi connectivity index (χ3n) is 4.31. The standard InChI is InChI=1S/C16H17ClN2O5/c1-23-15(21)10-4-6-18(7-5-10)14(20)9-19-12-3-2-11(17)8-13(12)24-16(19)22/h2-3,8,10H,4-7,9H2,1H3. The summed E-state index contributed by atoms with van der Waals surface area (Å²) in [5.41, 5.74) is 0.881. The van der Waals surface area contributed by atoms with Gasteiger partial charge < -0.3 is 14.1 Å². The van der Waals surface area contributed by atoms with Gasteiger partial charge in [-0.15, -0.1) is 0 Å². The molecule has 0 saturated carbocycles. The van der Waals surface area contributed by atoms with Crippen LogP contribution in [-0.4, -0.2) is 41.5 Å². The van der Waals surface area contributed by atoms with Gasteiger partial charge in [-0.05, 0) is 25.0 Å². The van der Waals surface area contributed by atoms with Crippen LogP contribution in [0.1, 0.15) is 12.8 Å². The highest BCUT2D eigenvalue weighted by molar-refractivity contribution is 6.31. The Labute approximate surface area is 142 Å². The molecule has 128 valence electrons. The van der Waals surface area contributed by atoms with Crippen molar-refractivity contribution in [3.63, 3.8) is 0 Å². The first-order valence-corrected chi connectivity index (χ1v) is 8.02. The number of nitrogens with zero attached hydrogens (tertiary/aromatic N) is 2. The zero-order chi connectivity index (χ0) is 17.3. The van der Waals surface area contributed by atoms with Gasteiger partial charge in [0.05, 0.1) is 18.5 Å². The molecule has 2 heterocycles. The van der Waals surface area contributed by atoms with Crippen LogP contribution in [0, 0.1) is 5.92 Å². The average molecular weight is 353 g/mol. The van der Waals surface area contributed by atoms with E-state index in [1.54, 1.807) is 23.1 Å². The number of carbonyl (C=O) groups is 2. The van der Waals surface area contributed by atoms with E-state index in [0.29, 0.717) is 42.1 Å². The molecule has 24 heavy (non-hydrogen) atoms.